The third-order valence-electron chi connectivity index (χ3n) is 2.56. The molecule has 0 amide bonds. The lowest BCUT2D eigenvalue weighted by Gasteiger charge is -2.02. The Balaban J connectivity index is 3.09. The molecule has 2 rings (SSSR count). The zero-order valence-electron chi connectivity index (χ0n) is 8.99. The molecule has 0 atom stereocenters. The van der Waals surface area contributed by atoms with Crippen molar-refractivity contribution in [2.24, 2.45) is 0 Å². The molecular formula is C13H14N2. The number of rotatable bonds is 0. The maximum Gasteiger partial charge on any atom is 0.0730 e. The summed E-state index contributed by atoms with van der Waals surface area (Å²) in [6, 6.07) is 7.95. The summed E-state index contributed by atoms with van der Waals surface area (Å²) in [6.45, 7) is 3.96. The minimum Gasteiger partial charge on any atom is -0.398 e. The summed E-state index contributed by atoms with van der Waals surface area (Å²) in [5.74, 6) is 0. The van der Waals surface area contributed by atoms with Gasteiger partial charge in [0.15, 0.2) is 0 Å². The zero-order valence-corrected chi connectivity index (χ0v) is 8.99. The largest absolute Gasteiger partial charge is 0.398 e. The van der Waals surface area contributed by atoms with Gasteiger partial charge in [0.25, 0.3) is 0 Å². The Kier molecular flexibility index (Phi) is 2.42. The highest BCUT2D eigenvalue weighted by molar-refractivity contribution is 5.90. The van der Waals surface area contributed by atoms with Gasteiger partial charge in [-0.1, -0.05) is 30.4 Å². The Bertz CT molecular complexity index is 612. The second-order valence-electron chi connectivity index (χ2n) is 3.42. The second kappa shape index (κ2) is 3.73. The average Bonchev–Trinajstić information content (AvgIpc) is 2.29. The van der Waals surface area contributed by atoms with E-state index < -0.39 is 0 Å². The highest BCUT2D eigenvalue weighted by atomic mass is 14.7. The summed E-state index contributed by atoms with van der Waals surface area (Å²) in [5.41, 5.74) is 7.88. The first-order valence-electron chi connectivity index (χ1n) is 5.05. The number of benzene rings is 1. The zero-order chi connectivity index (χ0) is 10.8. The minimum atomic E-state index is 0.816. The van der Waals surface area contributed by atoms with Crippen molar-refractivity contribution in [3.8, 4) is 0 Å². The molecule has 1 aromatic heterocycles. The Morgan fingerprint density at radius 2 is 1.87 bits per heavy atom. The Morgan fingerprint density at radius 1 is 1.13 bits per heavy atom. The number of hydrogen-bond acceptors (Lipinski definition) is 2. The molecule has 0 saturated heterocycles. The highest BCUT2D eigenvalue weighted by Gasteiger charge is 2.00. The molecule has 0 spiro atoms. The number of fused-ring (bicyclic) bond motifs is 1. The third-order valence-corrected chi connectivity index (χ3v) is 2.56. The van der Waals surface area contributed by atoms with E-state index in [1.165, 1.54) is 0 Å². The first-order chi connectivity index (χ1) is 7.27. The Hall–Kier alpha value is -1.83. The van der Waals surface area contributed by atoms with Gasteiger partial charge in [-0.2, -0.15) is 0 Å². The molecule has 0 bridgehead atoms. The van der Waals surface area contributed by atoms with E-state index in [1.54, 1.807) is 0 Å². The molecule has 0 fully saturated rings. The molecule has 2 heteroatoms. The number of pyridine rings is 1. The summed E-state index contributed by atoms with van der Waals surface area (Å²) < 4.78 is 0. The maximum absolute atomic E-state index is 6.11. The predicted octanol–water partition coefficient (Wildman–Crippen LogP) is 1.42. The van der Waals surface area contributed by atoms with Gasteiger partial charge in [0.1, 0.15) is 0 Å². The monoisotopic (exact) mass is 198 g/mol. The van der Waals surface area contributed by atoms with Crippen LogP contribution in [0.3, 0.4) is 0 Å². The van der Waals surface area contributed by atoms with Crippen LogP contribution in [0.5, 0.6) is 0 Å². The van der Waals surface area contributed by atoms with Crippen molar-refractivity contribution in [1.82, 2.24) is 4.98 Å². The van der Waals surface area contributed by atoms with Crippen molar-refractivity contribution in [3.05, 3.63) is 34.8 Å². The highest BCUT2D eigenvalue weighted by Crippen LogP contribution is 2.12. The van der Waals surface area contributed by atoms with E-state index in [2.05, 4.69) is 4.98 Å². The minimum absolute atomic E-state index is 0.816. The molecule has 1 aromatic carbocycles. The lowest BCUT2D eigenvalue weighted by atomic mass is 10.1. The van der Waals surface area contributed by atoms with Crippen LogP contribution >= 0.6 is 0 Å². The van der Waals surface area contributed by atoms with Crippen molar-refractivity contribution in [3.63, 3.8) is 0 Å². The molecular weight excluding hydrogens is 184 g/mol. The maximum atomic E-state index is 6.11. The Labute approximate surface area is 88.8 Å². The number of nitrogens with two attached hydrogens (primary N) is 1. The topological polar surface area (TPSA) is 38.9 Å². The molecule has 0 aliphatic carbocycles. The molecule has 1 heterocycles. The summed E-state index contributed by atoms with van der Waals surface area (Å²) in [5, 5.41) is 3.00. The van der Waals surface area contributed by atoms with Gasteiger partial charge >= 0.3 is 0 Å². The predicted molar refractivity (Wildman–Crippen MR) is 65.7 cm³/mol. The summed E-state index contributed by atoms with van der Waals surface area (Å²) in [4.78, 5) is 4.56. The van der Waals surface area contributed by atoms with E-state index in [0.29, 0.717) is 0 Å². The van der Waals surface area contributed by atoms with Gasteiger partial charge < -0.3 is 5.73 Å². The molecule has 0 aliphatic heterocycles. The van der Waals surface area contributed by atoms with Crippen molar-refractivity contribution in [2.75, 3.05) is 5.73 Å². The number of hydrogen-bond donors (Lipinski definition) is 1. The first kappa shape index (κ1) is 9.71. The fourth-order valence-electron chi connectivity index (χ4n) is 1.80. The van der Waals surface area contributed by atoms with Crippen LogP contribution in [0, 0.1) is 0 Å². The van der Waals surface area contributed by atoms with E-state index in [0.717, 1.165) is 27.2 Å². The molecule has 2 N–H and O–H groups in total. The van der Waals surface area contributed by atoms with E-state index in [-0.39, 0.29) is 0 Å². The quantitative estimate of drug-likeness (QED) is 0.695. The van der Waals surface area contributed by atoms with Crippen LogP contribution in [-0.2, 0) is 0 Å². The number of nitrogens with zero attached hydrogens (tertiary/aromatic N) is 1. The number of aromatic nitrogens is 1. The molecule has 76 valence electrons. The van der Waals surface area contributed by atoms with E-state index in [1.807, 2.05) is 50.3 Å². The molecule has 0 radical (unpaired) electrons. The molecule has 0 aliphatic rings. The van der Waals surface area contributed by atoms with Gasteiger partial charge in [0.2, 0.25) is 0 Å². The van der Waals surface area contributed by atoms with Crippen LogP contribution in [0.2, 0.25) is 0 Å². The molecule has 0 saturated carbocycles. The van der Waals surface area contributed by atoms with Gasteiger partial charge in [-0.05, 0) is 19.9 Å². The smallest absolute Gasteiger partial charge is 0.0730 e. The lowest BCUT2D eigenvalue weighted by molar-refractivity contribution is 1.28. The standard InChI is InChI=1S/C13H14N2/c1-3-9-11(4-2)15-12-8-6-5-7-10(12)13(9)14/h3-8H,14H2,1-2H3/b9-3+,11-4+. The van der Waals surface area contributed by atoms with Crippen molar-refractivity contribution in [1.29, 1.82) is 0 Å². The van der Waals surface area contributed by atoms with Gasteiger partial charge in [-0.3, -0.25) is 0 Å². The number of para-hydroxylation sites is 1. The number of anilines is 1. The van der Waals surface area contributed by atoms with Crippen LogP contribution in [0.4, 0.5) is 5.69 Å². The van der Waals surface area contributed by atoms with Crippen molar-refractivity contribution in [2.45, 2.75) is 13.8 Å². The molecule has 2 aromatic rings. The van der Waals surface area contributed by atoms with E-state index >= 15 is 0 Å². The molecule has 15 heavy (non-hydrogen) atoms. The summed E-state index contributed by atoms with van der Waals surface area (Å²) in [7, 11) is 0. The van der Waals surface area contributed by atoms with Crippen LogP contribution in [-0.4, -0.2) is 4.98 Å². The molecule has 2 nitrogen and oxygen atoms in total. The van der Waals surface area contributed by atoms with Gasteiger partial charge in [-0.25, -0.2) is 4.98 Å². The first-order valence-corrected chi connectivity index (χ1v) is 5.05. The van der Waals surface area contributed by atoms with Crippen LogP contribution in [0.15, 0.2) is 24.3 Å². The fraction of sp³-hybridized carbons (Fsp3) is 0.154. The lowest BCUT2D eigenvalue weighted by Crippen LogP contribution is -2.30. The van der Waals surface area contributed by atoms with Gasteiger partial charge in [-0.15, -0.1) is 0 Å². The molecule has 0 unspecified atom stereocenters. The Morgan fingerprint density at radius 3 is 2.53 bits per heavy atom. The van der Waals surface area contributed by atoms with Gasteiger partial charge in [0, 0.05) is 10.6 Å². The van der Waals surface area contributed by atoms with Crippen molar-refractivity contribution >= 4 is 28.7 Å². The van der Waals surface area contributed by atoms with Crippen molar-refractivity contribution < 1.29 is 0 Å². The number of nitrogen functional groups attached to an aromatic ring is 1. The van der Waals surface area contributed by atoms with Gasteiger partial charge in [0.05, 0.1) is 16.6 Å². The van der Waals surface area contributed by atoms with Crippen LogP contribution in [0.25, 0.3) is 23.1 Å². The fourth-order valence-corrected chi connectivity index (χ4v) is 1.80. The normalized spacial score (nSPS) is 13.7. The van der Waals surface area contributed by atoms with E-state index in [4.69, 9.17) is 5.73 Å². The third kappa shape index (κ3) is 1.48. The van der Waals surface area contributed by atoms with E-state index in [9.17, 15) is 0 Å². The summed E-state index contributed by atoms with van der Waals surface area (Å²) in [6.07, 6.45) is 3.99. The van der Waals surface area contributed by atoms with Crippen LogP contribution < -0.4 is 16.3 Å². The average molecular weight is 198 g/mol. The van der Waals surface area contributed by atoms with Crippen LogP contribution in [0.1, 0.15) is 13.8 Å². The SMILES string of the molecule is C/C=c1/c(N)c2ccccc2n/c1=C/C. The second-order valence-corrected chi connectivity index (χ2v) is 3.42. The summed E-state index contributed by atoms with van der Waals surface area (Å²) >= 11 is 0.